The number of rotatable bonds is 4. The van der Waals surface area contributed by atoms with Crippen molar-refractivity contribution in [3.8, 4) is 0 Å². The van der Waals surface area contributed by atoms with Crippen molar-refractivity contribution in [3.63, 3.8) is 0 Å². The first kappa shape index (κ1) is 18.7. The normalized spacial score (nSPS) is 37.0. The average Bonchev–Trinajstić information content (AvgIpc) is 2.86. The van der Waals surface area contributed by atoms with Gasteiger partial charge in [0.25, 0.3) is 0 Å². The van der Waals surface area contributed by atoms with Crippen LogP contribution in [0.4, 0.5) is 0 Å². The highest BCUT2D eigenvalue weighted by Crippen LogP contribution is 2.55. The van der Waals surface area contributed by atoms with Crippen LogP contribution in [0.1, 0.15) is 72.6 Å². The van der Waals surface area contributed by atoms with Gasteiger partial charge in [-0.25, -0.2) is 0 Å². The van der Waals surface area contributed by atoms with E-state index in [4.69, 9.17) is 4.74 Å². The van der Waals surface area contributed by atoms with Gasteiger partial charge in [0.1, 0.15) is 17.5 Å². The molecule has 5 atom stereocenters. The van der Waals surface area contributed by atoms with Crippen LogP contribution in [0, 0.1) is 11.8 Å². The van der Waals surface area contributed by atoms with Crippen LogP contribution in [0.15, 0.2) is 23.0 Å². The lowest BCUT2D eigenvalue weighted by molar-refractivity contribution is -0.130. The van der Waals surface area contributed by atoms with Gasteiger partial charge in [0, 0.05) is 17.9 Å². The molecule has 1 heterocycles. The van der Waals surface area contributed by atoms with Crippen molar-refractivity contribution < 1.29 is 19.7 Å². The fourth-order valence-corrected chi connectivity index (χ4v) is 5.04. The SMILES string of the molecule is CC(C)=CCCC(C)(O)C1CCC2(C)OC3=C(CC12)C(=O)C(O)CC3. The van der Waals surface area contributed by atoms with Crippen LogP contribution in [-0.2, 0) is 9.53 Å². The fourth-order valence-electron chi connectivity index (χ4n) is 5.04. The number of allylic oxidation sites excluding steroid dienone is 3. The van der Waals surface area contributed by atoms with Crippen molar-refractivity contribution in [2.45, 2.75) is 89.9 Å². The number of carbonyl (C=O) groups is 1. The van der Waals surface area contributed by atoms with E-state index in [2.05, 4.69) is 26.8 Å². The Morgan fingerprint density at radius 2 is 2.12 bits per heavy atom. The van der Waals surface area contributed by atoms with E-state index in [1.165, 1.54) is 5.57 Å². The largest absolute Gasteiger partial charge is 0.491 e. The van der Waals surface area contributed by atoms with Gasteiger partial charge < -0.3 is 14.9 Å². The maximum atomic E-state index is 12.4. The molecular weight excluding hydrogens is 316 g/mol. The van der Waals surface area contributed by atoms with Crippen LogP contribution < -0.4 is 0 Å². The Labute approximate surface area is 151 Å². The molecule has 4 heteroatoms. The molecule has 1 fully saturated rings. The number of carbonyl (C=O) groups excluding carboxylic acids is 1. The molecule has 1 aliphatic heterocycles. The van der Waals surface area contributed by atoms with Gasteiger partial charge in [0.2, 0.25) is 0 Å². The number of ketones is 1. The van der Waals surface area contributed by atoms with Crippen molar-refractivity contribution in [2.75, 3.05) is 0 Å². The van der Waals surface area contributed by atoms with Gasteiger partial charge in [-0.15, -0.1) is 0 Å². The molecule has 3 rings (SSSR count). The summed E-state index contributed by atoms with van der Waals surface area (Å²) in [7, 11) is 0. The minimum atomic E-state index is -0.885. The van der Waals surface area contributed by atoms with Crippen molar-refractivity contribution >= 4 is 5.78 Å². The third-order valence-electron chi connectivity index (χ3n) is 6.59. The molecule has 1 saturated carbocycles. The Morgan fingerprint density at radius 1 is 1.40 bits per heavy atom. The summed E-state index contributed by atoms with van der Waals surface area (Å²) in [5.74, 6) is 0.864. The van der Waals surface area contributed by atoms with E-state index in [9.17, 15) is 15.0 Å². The summed E-state index contributed by atoms with van der Waals surface area (Å²) in [6.07, 6.45) is 6.43. The molecular formula is C21H32O4. The van der Waals surface area contributed by atoms with Crippen molar-refractivity contribution in [1.29, 1.82) is 0 Å². The van der Waals surface area contributed by atoms with Crippen LogP contribution in [-0.4, -0.2) is 33.3 Å². The Bertz CT molecular complexity index is 611. The van der Waals surface area contributed by atoms with E-state index < -0.39 is 11.7 Å². The standard InChI is InChI=1S/C21H32O4/c1-13(2)6-5-10-20(3,24)15-9-11-21(4)16(15)12-14-18(25-21)8-7-17(22)19(14)23/h6,15-17,22,24H,5,7-12H2,1-4H3. The summed E-state index contributed by atoms with van der Waals surface area (Å²) >= 11 is 0. The fraction of sp³-hybridized carbons (Fsp3) is 0.762. The highest BCUT2D eigenvalue weighted by Gasteiger charge is 2.56. The minimum Gasteiger partial charge on any atom is -0.491 e. The van der Waals surface area contributed by atoms with Crippen LogP contribution in [0.25, 0.3) is 0 Å². The van der Waals surface area contributed by atoms with Crippen molar-refractivity contribution in [2.24, 2.45) is 11.8 Å². The summed E-state index contributed by atoms with van der Waals surface area (Å²) in [6, 6.07) is 0. The van der Waals surface area contributed by atoms with Gasteiger partial charge in [-0.2, -0.15) is 0 Å². The molecule has 2 N–H and O–H groups in total. The Balaban J connectivity index is 1.81. The monoisotopic (exact) mass is 348 g/mol. The Hall–Kier alpha value is -1.13. The van der Waals surface area contributed by atoms with E-state index in [1.807, 2.05) is 6.92 Å². The summed E-state index contributed by atoms with van der Waals surface area (Å²) in [6.45, 7) is 8.21. The van der Waals surface area contributed by atoms with Crippen LogP contribution >= 0.6 is 0 Å². The number of aliphatic hydroxyl groups excluding tert-OH is 1. The average molecular weight is 348 g/mol. The molecule has 0 saturated heterocycles. The maximum Gasteiger partial charge on any atom is 0.190 e. The second-order valence-corrected chi connectivity index (χ2v) is 8.87. The first-order valence-corrected chi connectivity index (χ1v) is 9.63. The molecule has 0 spiro atoms. The van der Waals surface area contributed by atoms with Gasteiger partial charge in [0.15, 0.2) is 5.78 Å². The molecule has 0 aromatic rings. The predicted molar refractivity (Wildman–Crippen MR) is 96.9 cm³/mol. The third kappa shape index (κ3) is 3.43. The van der Waals surface area contributed by atoms with Gasteiger partial charge in [0.05, 0.1) is 5.60 Å². The van der Waals surface area contributed by atoms with E-state index >= 15 is 0 Å². The van der Waals surface area contributed by atoms with Gasteiger partial charge in [-0.1, -0.05) is 11.6 Å². The number of hydrogen-bond acceptors (Lipinski definition) is 4. The number of aliphatic hydroxyl groups is 2. The molecule has 3 aliphatic rings. The lowest BCUT2D eigenvalue weighted by Crippen LogP contribution is -2.47. The van der Waals surface area contributed by atoms with Gasteiger partial charge in [-0.05, 0) is 72.1 Å². The molecule has 0 radical (unpaired) electrons. The summed E-state index contributed by atoms with van der Waals surface area (Å²) in [5.41, 5.74) is 0.872. The first-order chi connectivity index (χ1) is 11.6. The summed E-state index contributed by atoms with van der Waals surface area (Å²) in [5, 5.41) is 21.1. The highest BCUT2D eigenvalue weighted by atomic mass is 16.5. The van der Waals surface area contributed by atoms with Gasteiger partial charge >= 0.3 is 0 Å². The zero-order chi connectivity index (χ0) is 18.4. The lowest BCUT2D eigenvalue weighted by Gasteiger charge is -2.45. The predicted octanol–water partition coefficient (Wildman–Crippen LogP) is 3.67. The molecule has 0 amide bonds. The van der Waals surface area contributed by atoms with Crippen molar-refractivity contribution in [1.82, 2.24) is 0 Å². The summed E-state index contributed by atoms with van der Waals surface area (Å²) < 4.78 is 6.31. The van der Waals surface area contributed by atoms with E-state index in [-0.39, 0.29) is 23.2 Å². The second-order valence-electron chi connectivity index (χ2n) is 8.87. The maximum absolute atomic E-state index is 12.4. The zero-order valence-electron chi connectivity index (χ0n) is 16.0. The molecule has 0 bridgehead atoms. The lowest BCUT2D eigenvalue weighted by atomic mass is 9.70. The second kappa shape index (κ2) is 6.55. The topological polar surface area (TPSA) is 66.8 Å². The molecule has 5 unspecified atom stereocenters. The van der Waals surface area contributed by atoms with E-state index in [1.54, 1.807) is 0 Å². The number of hydrogen-bond donors (Lipinski definition) is 2. The zero-order valence-corrected chi connectivity index (χ0v) is 16.0. The smallest absolute Gasteiger partial charge is 0.190 e. The number of fused-ring (bicyclic) bond motifs is 1. The Kier molecular flexibility index (Phi) is 4.89. The molecule has 4 nitrogen and oxygen atoms in total. The van der Waals surface area contributed by atoms with E-state index in [0.717, 1.165) is 31.4 Å². The van der Waals surface area contributed by atoms with Gasteiger partial charge in [-0.3, -0.25) is 4.79 Å². The minimum absolute atomic E-state index is 0.115. The van der Waals surface area contributed by atoms with Crippen LogP contribution in [0.5, 0.6) is 0 Å². The first-order valence-electron chi connectivity index (χ1n) is 9.63. The van der Waals surface area contributed by atoms with E-state index in [0.29, 0.717) is 24.8 Å². The molecule has 0 aromatic heterocycles. The molecule has 2 aliphatic carbocycles. The van der Waals surface area contributed by atoms with Crippen molar-refractivity contribution in [3.05, 3.63) is 23.0 Å². The summed E-state index contributed by atoms with van der Waals surface area (Å²) in [4.78, 5) is 12.4. The molecule has 25 heavy (non-hydrogen) atoms. The number of Topliss-reactive ketones (excluding diaryl/α,β-unsaturated/α-hetero) is 1. The molecule has 0 aromatic carbocycles. The quantitative estimate of drug-likeness (QED) is 0.761. The van der Waals surface area contributed by atoms with Crippen LogP contribution in [0.3, 0.4) is 0 Å². The Morgan fingerprint density at radius 3 is 2.80 bits per heavy atom. The highest BCUT2D eigenvalue weighted by molar-refractivity contribution is 6.00. The molecule has 140 valence electrons. The third-order valence-corrected chi connectivity index (χ3v) is 6.59. The number of ether oxygens (including phenoxy) is 1. The van der Waals surface area contributed by atoms with Crippen LogP contribution in [0.2, 0.25) is 0 Å².